The maximum Gasteiger partial charge on any atom is 0.321 e. The van der Waals surface area contributed by atoms with E-state index in [1.165, 1.54) is 0 Å². The van der Waals surface area contributed by atoms with Crippen LogP contribution in [0.5, 0.6) is 0 Å². The molecule has 0 spiro atoms. The number of allylic oxidation sites excluding steroid dienone is 1. The van der Waals surface area contributed by atoms with Crippen LogP contribution in [0.15, 0.2) is 11.8 Å². The molecule has 1 N–H and O–H groups in total. The smallest absolute Gasteiger partial charge is 0.321 e. The van der Waals surface area contributed by atoms with E-state index in [2.05, 4.69) is 26.1 Å². The van der Waals surface area contributed by atoms with Crippen molar-refractivity contribution < 1.29 is 13.2 Å². The maximum atomic E-state index is 12.2. The molecule has 20 heavy (non-hydrogen) atoms. The molecule has 0 aromatic carbocycles. The molecular formula is C14H26N2O3S. The Kier molecular flexibility index (Phi) is 5.24. The number of hydrogen-bond donors (Lipinski definition) is 1. The summed E-state index contributed by atoms with van der Waals surface area (Å²) in [6.45, 7) is 10.6. The van der Waals surface area contributed by atoms with Crippen LogP contribution in [0.4, 0.5) is 4.79 Å². The molecule has 0 aromatic heterocycles. The molecule has 1 atom stereocenters. The van der Waals surface area contributed by atoms with E-state index in [-0.39, 0.29) is 29.0 Å². The van der Waals surface area contributed by atoms with Gasteiger partial charge in [0.15, 0.2) is 9.84 Å². The normalized spacial score (nSPS) is 22.6. The summed E-state index contributed by atoms with van der Waals surface area (Å²) in [5, 5.41) is 2.77. The van der Waals surface area contributed by atoms with Gasteiger partial charge in [0.1, 0.15) is 0 Å². The number of urea groups is 1. The van der Waals surface area contributed by atoms with Gasteiger partial charge in [-0.15, -0.1) is 0 Å². The van der Waals surface area contributed by atoms with Crippen molar-refractivity contribution in [1.29, 1.82) is 0 Å². The van der Waals surface area contributed by atoms with Crippen LogP contribution in [-0.2, 0) is 9.84 Å². The molecule has 1 aliphatic rings. The maximum absolute atomic E-state index is 12.2. The number of hydrogen-bond acceptors (Lipinski definition) is 3. The second-order valence-electron chi connectivity index (χ2n) is 6.37. The lowest BCUT2D eigenvalue weighted by Crippen LogP contribution is -2.45. The van der Waals surface area contributed by atoms with Gasteiger partial charge in [-0.25, -0.2) is 13.2 Å². The van der Waals surface area contributed by atoms with Crippen LogP contribution in [0.25, 0.3) is 0 Å². The van der Waals surface area contributed by atoms with E-state index < -0.39 is 9.84 Å². The molecule has 1 heterocycles. The second-order valence-corrected chi connectivity index (χ2v) is 8.60. The van der Waals surface area contributed by atoms with Crippen LogP contribution >= 0.6 is 0 Å². The summed E-state index contributed by atoms with van der Waals surface area (Å²) in [6.07, 6.45) is 2.25. The Morgan fingerprint density at radius 1 is 1.40 bits per heavy atom. The Bertz CT molecular complexity index is 489. The van der Waals surface area contributed by atoms with Gasteiger partial charge in [0.25, 0.3) is 0 Å². The Hall–Kier alpha value is -1.04. The average molecular weight is 302 g/mol. The van der Waals surface area contributed by atoms with E-state index in [1.54, 1.807) is 11.1 Å². The third-order valence-corrected chi connectivity index (χ3v) is 5.60. The quantitative estimate of drug-likeness (QED) is 0.868. The highest BCUT2D eigenvalue weighted by Gasteiger charge is 2.33. The van der Waals surface area contributed by atoms with Crippen molar-refractivity contribution in [2.45, 2.75) is 47.1 Å². The lowest BCUT2D eigenvalue weighted by molar-refractivity contribution is 0.187. The second kappa shape index (κ2) is 6.16. The fourth-order valence-electron chi connectivity index (χ4n) is 2.06. The molecule has 6 heteroatoms. The molecule has 1 fully saturated rings. The fourth-order valence-corrected chi connectivity index (χ4v) is 3.79. The van der Waals surface area contributed by atoms with Crippen LogP contribution in [-0.4, -0.2) is 43.4 Å². The van der Waals surface area contributed by atoms with Gasteiger partial charge in [-0.2, -0.15) is 0 Å². The summed E-state index contributed by atoms with van der Waals surface area (Å²) < 4.78 is 23.0. The SMILES string of the molecule is CCN(C(=O)N/C=C(\C)C(C)(C)C)C1CCS(=O)(=O)C1. The van der Waals surface area contributed by atoms with E-state index in [0.29, 0.717) is 13.0 Å². The zero-order chi connectivity index (χ0) is 15.6. The lowest BCUT2D eigenvalue weighted by Gasteiger charge is -2.27. The summed E-state index contributed by atoms with van der Waals surface area (Å²) in [5.41, 5.74) is 1.07. The molecule has 1 saturated heterocycles. The Balaban J connectivity index is 2.70. The molecule has 0 aliphatic carbocycles. The predicted molar refractivity (Wildman–Crippen MR) is 81.2 cm³/mol. The van der Waals surface area contributed by atoms with Gasteiger partial charge in [0, 0.05) is 18.8 Å². The van der Waals surface area contributed by atoms with Crippen molar-refractivity contribution in [2.75, 3.05) is 18.1 Å². The summed E-state index contributed by atoms with van der Waals surface area (Å²) in [7, 11) is -2.98. The van der Waals surface area contributed by atoms with Crippen LogP contribution < -0.4 is 5.32 Å². The monoisotopic (exact) mass is 302 g/mol. The number of nitrogens with zero attached hydrogens (tertiary/aromatic N) is 1. The van der Waals surface area contributed by atoms with Crippen LogP contribution in [0.1, 0.15) is 41.0 Å². The van der Waals surface area contributed by atoms with E-state index in [4.69, 9.17) is 0 Å². The largest absolute Gasteiger partial charge is 0.321 e. The molecule has 0 bridgehead atoms. The third kappa shape index (κ3) is 4.51. The van der Waals surface area contributed by atoms with Gasteiger partial charge in [-0.05, 0) is 25.7 Å². The molecular weight excluding hydrogens is 276 g/mol. The van der Waals surface area contributed by atoms with Crippen LogP contribution in [0, 0.1) is 5.41 Å². The number of rotatable bonds is 3. The van der Waals surface area contributed by atoms with Crippen molar-refractivity contribution in [2.24, 2.45) is 5.41 Å². The van der Waals surface area contributed by atoms with E-state index >= 15 is 0 Å². The Morgan fingerprint density at radius 3 is 2.40 bits per heavy atom. The Morgan fingerprint density at radius 2 is 2.00 bits per heavy atom. The fraction of sp³-hybridized carbons (Fsp3) is 0.786. The first-order chi connectivity index (χ1) is 9.07. The van der Waals surface area contributed by atoms with Gasteiger partial charge in [0.2, 0.25) is 0 Å². The highest BCUT2D eigenvalue weighted by Crippen LogP contribution is 2.23. The molecule has 1 aliphatic heterocycles. The Labute approximate surface area is 122 Å². The minimum Gasteiger partial charge on any atom is -0.321 e. The van der Waals surface area contributed by atoms with Crippen LogP contribution in [0.3, 0.4) is 0 Å². The van der Waals surface area contributed by atoms with Crippen molar-refractivity contribution in [1.82, 2.24) is 10.2 Å². The molecule has 2 amide bonds. The number of nitrogens with one attached hydrogen (secondary N) is 1. The van der Waals surface area contributed by atoms with Gasteiger partial charge < -0.3 is 10.2 Å². The topological polar surface area (TPSA) is 66.5 Å². The van der Waals surface area contributed by atoms with Crippen molar-refractivity contribution in [3.63, 3.8) is 0 Å². The van der Waals surface area contributed by atoms with Crippen molar-refractivity contribution in [3.05, 3.63) is 11.8 Å². The average Bonchev–Trinajstić information content (AvgIpc) is 2.66. The predicted octanol–water partition coefficient (Wildman–Crippen LogP) is 2.15. The van der Waals surface area contributed by atoms with Gasteiger partial charge in [0.05, 0.1) is 11.5 Å². The molecule has 0 aromatic rings. The number of carbonyl (C=O) groups is 1. The number of amides is 2. The molecule has 0 radical (unpaired) electrons. The summed E-state index contributed by atoms with van der Waals surface area (Å²) in [6, 6.07) is -0.424. The van der Waals surface area contributed by atoms with Crippen molar-refractivity contribution >= 4 is 15.9 Å². The minimum atomic E-state index is -2.98. The summed E-state index contributed by atoms with van der Waals surface area (Å²) in [4.78, 5) is 13.8. The molecule has 116 valence electrons. The first kappa shape index (κ1) is 17.0. The van der Waals surface area contributed by atoms with E-state index in [0.717, 1.165) is 5.57 Å². The van der Waals surface area contributed by atoms with E-state index in [1.807, 2.05) is 13.8 Å². The molecule has 1 unspecified atom stereocenters. The highest BCUT2D eigenvalue weighted by molar-refractivity contribution is 7.91. The summed E-state index contributed by atoms with van der Waals surface area (Å²) >= 11 is 0. The van der Waals surface area contributed by atoms with E-state index in [9.17, 15) is 13.2 Å². The van der Waals surface area contributed by atoms with Gasteiger partial charge in [-0.1, -0.05) is 26.3 Å². The lowest BCUT2D eigenvalue weighted by atomic mass is 9.88. The number of carbonyl (C=O) groups excluding carboxylic acids is 1. The molecule has 1 rings (SSSR count). The first-order valence-electron chi connectivity index (χ1n) is 7.01. The van der Waals surface area contributed by atoms with Gasteiger partial charge >= 0.3 is 6.03 Å². The zero-order valence-corrected chi connectivity index (χ0v) is 13.9. The zero-order valence-electron chi connectivity index (χ0n) is 13.1. The number of sulfone groups is 1. The molecule has 5 nitrogen and oxygen atoms in total. The first-order valence-corrected chi connectivity index (χ1v) is 8.84. The van der Waals surface area contributed by atoms with Gasteiger partial charge in [-0.3, -0.25) is 0 Å². The van der Waals surface area contributed by atoms with Crippen LogP contribution in [0.2, 0.25) is 0 Å². The standard InChI is InChI=1S/C14H26N2O3S/c1-6-16(12-7-8-20(18,19)10-12)13(17)15-9-11(2)14(3,4)5/h9,12H,6-8,10H2,1-5H3,(H,15,17)/b11-9+. The summed E-state index contributed by atoms with van der Waals surface area (Å²) in [5.74, 6) is 0.258. The highest BCUT2D eigenvalue weighted by atomic mass is 32.2. The molecule has 0 saturated carbocycles. The minimum absolute atomic E-state index is 0.00101. The van der Waals surface area contributed by atoms with Crippen molar-refractivity contribution in [3.8, 4) is 0 Å². The third-order valence-electron chi connectivity index (χ3n) is 3.85.